The highest BCUT2D eigenvalue weighted by Crippen LogP contribution is 2.25. The van der Waals surface area contributed by atoms with Crippen LogP contribution < -0.4 is 10.2 Å². The molecule has 2 amide bonds. The molecule has 0 bridgehead atoms. The maximum Gasteiger partial charge on any atom is 0.251 e. The van der Waals surface area contributed by atoms with E-state index in [1.54, 1.807) is 22.3 Å². The van der Waals surface area contributed by atoms with E-state index in [4.69, 9.17) is 0 Å². The van der Waals surface area contributed by atoms with Crippen LogP contribution in [0.5, 0.6) is 0 Å². The van der Waals surface area contributed by atoms with Gasteiger partial charge in [0, 0.05) is 35.6 Å². The first-order valence-electron chi connectivity index (χ1n) is 9.60. The van der Waals surface area contributed by atoms with Crippen LogP contribution in [0.3, 0.4) is 0 Å². The van der Waals surface area contributed by atoms with Crippen LogP contribution in [0.2, 0.25) is 0 Å². The van der Waals surface area contributed by atoms with E-state index in [0.717, 1.165) is 31.7 Å². The number of rotatable bonds is 8. The van der Waals surface area contributed by atoms with Crippen LogP contribution in [0.25, 0.3) is 0 Å². The van der Waals surface area contributed by atoms with Crippen molar-refractivity contribution in [1.29, 1.82) is 0 Å². The maximum atomic E-state index is 12.7. The molecular formula is C21H27N3O2S. The first-order valence-corrected chi connectivity index (χ1v) is 10.5. The summed E-state index contributed by atoms with van der Waals surface area (Å²) in [5.41, 5.74) is 1.40. The Kier molecular flexibility index (Phi) is 6.63. The fourth-order valence-corrected chi connectivity index (χ4v) is 4.44. The number of carbonyl (C=O) groups is 2. The summed E-state index contributed by atoms with van der Waals surface area (Å²) in [6, 6.07) is 11.7. The van der Waals surface area contributed by atoms with E-state index in [1.807, 2.05) is 18.2 Å². The quantitative estimate of drug-likeness (QED) is 0.754. The van der Waals surface area contributed by atoms with Crippen LogP contribution >= 0.6 is 11.3 Å². The van der Waals surface area contributed by atoms with E-state index in [-0.39, 0.29) is 17.9 Å². The van der Waals surface area contributed by atoms with Crippen LogP contribution in [0, 0.1) is 0 Å². The molecule has 6 heteroatoms. The number of benzene rings is 1. The molecule has 5 nitrogen and oxygen atoms in total. The summed E-state index contributed by atoms with van der Waals surface area (Å²) in [5.74, 6) is 0.0315. The highest BCUT2D eigenvalue weighted by molar-refractivity contribution is 7.10. The van der Waals surface area contributed by atoms with E-state index < -0.39 is 0 Å². The lowest BCUT2D eigenvalue weighted by Gasteiger charge is -2.29. The minimum atomic E-state index is -0.0998. The fourth-order valence-electron chi connectivity index (χ4n) is 3.58. The summed E-state index contributed by atoms with van der Waals surface area (Å²) in [6.07, 6.45) is 1.46. The molecule has 3 rings (SSSR count). The minimum Gasteiger partial charge on any atom is -0.350 e. The van der Waals surface area contributed by atoms with Crippen molar-refractivity contribution in [3.63, 3.8) is 0 Å². The summed E-state index contributed by atoms with van der Waals surface area (Å²) < 4.78 is 0. The minimum absolute atomic E-state index is 0.0998. The summed E-state index contributed by atoms with van der Waals surface area (Å²) in [7, 11) is 0. The lowest BCUT2D eigenvalue weighted by molar-refractivity contribution is -0.117. The van der Waals surface area contributed by atoms with Gasteiger partial charge in [-0.05, 0) is 49.2 Å². The molecular weight excluding hydrogens is 358 g/mol. The third-order valence-electron chi connectivity index (χ3n) is 5.07. The SMILES string of the molecule is CCN(CC)C(CNC(=O)c1cccc(N2CCCC2=O)c1)c1cccs1. The Bertz CT molecular complexity index is 771. The molecule has 0 spiro atoms. The molecule has 1 unspecified atom stereocenters. The molecule has 1 aromatic carbocycles. The molecule has 0 saturated carbocycles. The van der Waals surface area contributed by atoms with E-state index in [1.165, 1.54) is 4.88 Å². The third-order valence-corrected chi connectivity index (χ3v) is 6.05. The number of carbonyl (C=O) groups excluding carboxylic acids is 2. The van der Waals surface area contributed by atoms with Crippen molar-refractivity contribution in [3.05, 3.63) is 52.2 Å². The first-order chi connectivity index (χ1) is 13.1. The summed E-state index contributed by atoms with van der Waals surface area (Å²) in [6.45, 7) is 7.44. The Balaban J connectivity index is 1.70. The molecule has 1 atom stereocenters. The van der Waals surface area contributed by atoms with Crippen LogP contribution in [-0.2, 0) is 4.79 Å². The van der Waals surface area contributed by atoms with Crippen molar-refractivity contribution < 1.29 is 9.59 Å². The predicted molar refractivity (Wildman–Crippen MR) is 110 cm³/mol. The van der Waals surface area contributed by atoms with E-state index in [2.05, 4.69) is 41.6 Å². The fraction of sp³-hybridized carbons (Fsp3) is 0.429. The molecule has 27 heavy (non-hydrogen) atoms. The van der Waals surface area contributed by atoms with Crippen LogP contribution in [0.15, 0.2) is 41.8 Å². The van der Waals surface area contributed by atoms with Gasteiger partial charge in [-0.25, -0.2) is 0 Å². The van der Waals surface area contributed by atoms with Crippen molar-refractivity contribution in [2.75, 3.05) is 31.1 Å². The second-order valence-electron chi connectivity index (χ2n) is 6.66. The molecule has 2 aromatic rings. The monoisotopic (exact) mass is 385 g/mol. The topological polar surface area (TPSA) is 52.7 Å². The highest BCUT2D eigenvalue weighted by atomic mass is 32.1. The zero-order valence-corrected chi connectivity index (χ0v) is 16.8. The van der Waals surface area contributed by atoms with Crippen molar-refractivity contribution in [1.82, 2.24) is 10.2 Å². The normalized spacial score (nSPS) is 15.4. The van der Waals surface area contributed by atoms with Crippen LogP contribution in [-0.4, -0.2) is 42.9 Å². The Hall–Kier alpha value is -2.18. The molecule has 1 aliphatic heterocycles. The first kappa shape index (κ1) is 19.6. The number of likely N-dealkylation sites (N-methyl/N-ethyl adjacent to an activating group) is 1. The smallest absolute Gasteiger partial charge is 0.251 e. The number of amides is 2. The van der Waals surface area contributed by atoms with E-state index in [0.29, 0.717) is 18.5 Å². The van der Waals surface area contributed by atoms with Crippen molar-refractivity contribution in [3.8, 4) is 0 Å². The lowest BCUT2D eigenvalue weighted by Crippen LogP contribution is -2.37. The number of nitrogens with one attached hydrogen (secondary N) is 1. The average molecular weight is 386 g/mol. The van der Waals surface area contributed by atoms with Crippen LogP contribution in [0.4, 0.5) is 5.69 Å². The van der Waals surface area contributed by atoms with Gasteiger partial charge in [-0.3, -0.25) is 14.5 Å². The van der Waals surface area contributed by atoms with Gasteiger partial charge < -0.3 is 10.2 Å². The molecule has 1 fully saturated rings. The van der Waals surface area contributed by atoms with Gasteiger partial charge in [0.1, 0.15) is 0 Å². The molecule has 144 valence electrons. The molecule has 2 heterocycles. The van der Waals surface area contributed by atoms with Crippen molar-refractivity contribution >= 4 is 28.8 Å². The van der Waals surface area contributed by atoms with Crippen molar-refractivity contribution in [2.45, 2.75) is 32.7 Å². The average Bonchev–Trinajstić information content (AvgIpc) is 3.36. The van der Waals surface area contributed by atoms with E-state index in [9.17, 15) is 9.59 Å². The maximum absolute atomic E-state index is 12.7. The van der Waals surface area contributed by atoms with Crippen LogP contribution in [0.1, 0.15) is 48.0 Å². The highest BCUT2D eigenvalue weighted by Gasteiger charge is 2.23. The molecule has 1 saturated heterocycles. The van der Waals surface area contributed by atoms with Gasteiger partial charge in [-0.15, -0.1) is 11.3 Å². The Morgan fingerprint density at radius 2 is 2.07 bits per heavy atom. The number of hydrogen-bond acceptors (Lipinski definition) is 4. The zero-order chi connectivity index (χ0) is 19.2. The van der Waals surface area contributed by atoms with Gasteiger partial charge in [0.25, 0.3) is 5.91 Å². The Labute approximate surface area is 165 Å². The second-order valence-corrected chi connectivity index (χ2v) is 7.64. The van der Waals surface area contributed by atoms with Crippen molar-refractivity contribution in [2.24, 2.45) is 0 Å². The third kappa shape index (κ3) is 4.57. The lowest BCUT2D eigenvalue weighted by atomic mass is 10.1. The van der Waals surface area contributed by atoms with Gasteiger partial charge >= 0.3 is 0 Å². The Morgan fingerprint density at radius 1 is 1.26 bits per heavy atom. The molecule has 1 aromatic heterocycles. The number of nitrogens with zero attached hydrogens (tertiary/aromatic N) is 2. The van der Waals surface area contributed by atoms with Gasteiger partial charge in [0.2, 0.25) is 5.91 Å². The summed E-state index contributed by atoms with van der Waals surface area (Å²) in [4.78, 5) is 30.1. The summed E-state index contributed by atoms with van der Waals surface area (Å²) >= 11 is 1.72. The predicted octanol–water partition coefficient (Wildman–Crippen LogP) is 3.69. The van der Waals surface area contributed by atoms with Gasteiger partial charge in [-0.2, -0.15) is 0 Å². The summed E-state index contributed by atoms with van der Waals surface area (Å²) in [5, 5.41) is 5.16. The molecule has 0 aliphatic carbocycles. The number of hydrogen-bond donors (Lipinski definition) is 1. The van der Waals surface area contributed by atoms with E-state index >= 15 is 0 Å². The molecule has 1 aliphatic rings. The zero-order valence-electron chi connectivity index (χ0n) is 16.0. The van der Waals surface area contributed by atoms with Gasteiger partial charge in [0.05, 0.1) is 6.04 Å². The standard InChI is InChI=1S/C21H27N3O2S/c1-3-23(4-2)18(19-10-7-13-27-19)15-22-21(26)16-8-5-9-17(14-16)24-12-6-11-20(24)25/h5,7-10,13-14,18H,3-4,6,11-12,15H2,1-2H3,(H,22,26). The molecule has 0 radical (unpaired) electrons. The number of thiophene rings is 1. The Morgan fingerprint density at radius 3 is 2.70 bits per heavy atom. The largest absolute Gasteiger partial charge is 0.350 e. The number of anilines is 1. The van der Waals surface area contributed by atoms with Gasteiger partial charge in [0.15, 0.2) is 0 Å². The second kappa shape index (κ2) is 9.15. The molecule has 1 N–H and O–H groups in total. The van der Waals surface area contributed by atoms with Gasteiger partial charge in [-0.1, -0.05) is 26.0 Å².